The summed E-state index contributed by atoms with van der Waals surface area (Å²) in [4.78, 5) is 11.1. The summed E-state index contributed by atoms with van der Waals surface area (Å²) in [6.07, 6.45) is 1.78. The van der Waals surface area contributed by atoms with Gasteiger partial charge in [0.25, 0.3) is 0 Å². The zero-order chi connectivity index (χ0) is 14.7. The van der Waals surface area contributed by atoms with Gasteiger partial charge in [-0.2, -0.15) is 0 Å². The van der Waals surface area contributed by atoms with Crippen molar-refractivity contribution in [3.05, 3.63) is 71.5 Å². The highest BCUT2D eigenvalue weighted by Crippen LogP contribution is 2.20. The molecule has 0 radical (unpaired) electrons. The maximum Gasteiger partial charge on any atom is 0.248 e. The fourth-order valence-electron chi connectivity index (χ4n) is 2.35. The van der Waals surface area contributed by atoms with Crippen LogP contribution in [0.25, 0.3) is 11.0 Å². The van der Waals surface area contributed by atoms with Gasteiger partial charge >= 0.3 is 0 Å². The number of hydrogen-bond donors (Lipinski definition) is 2. The van der Waals surface area contributed by atoms with Gasteiger partial charge in [0, 0.05) is 29.6 Å². The maximum atomic E-state index is 11.1. The second kappa shape index (κ2) is 5.81. The van der Waals surface area contributed by atoms with E-state index in [1.54, 1.807) is 12.3 Å². The highest BCUT2D eigenvalue weighted by Gasteiger charge is 2.05. The summed E-state index contributed by atoms with van der Waals surface area (Å²) in [5.41, 5.74) is 8.85. The number of carbonyl (C=O) groups is 1. The summed E-state index contributed by atoms with van der Waals surface area (Å²) in [6, 6.07) is 15.3. The number of nitrogens with two attached hydrogens (primary N) is 1. The third-order valence-corrected chi connectivity index (χ3v) is 3.42. The molecule has 0 unspecified atom stereocenters. The fourth-order valence-corrected chi connectivity index (χ4v) is 2.35. The molecule has 3 N–H and O–H groups in total. The molecule has 0 spiro atoms. The minimum atomic E-state index is -0.405. The minimum Gasteiger partial charge on any atom is -0.464 e. The molecule has 0 aliphatic carbocycles. The van der Waals surface area contributed by atoms with Gasteiger partial charge in [0.05, 0.1) is 6.26 Å². The van der Waals surface area contributed by atoms with Crippen LogP contribution >= 0.6 is 0 Å². The molecule has 0 atom stereocenters. The number of furan rings is 1. The topological polar surface area (TPSA) is 68.3 Å². The van der Waals surface area contributed by atoms with Crippen LogP contribution in [0.4, 0.5) is 0 Å². The van der Waals surface area contributed by atoms with Crippen LogP contribution in [0.15, 0.2) is 59.2 Å². The molecule has 3 rings (SSSR count). The standard InChI is InChI=1S/C17H16N2O2/c18-17(20)13-5-3-4-12(8-13)9-19-10-14-11-21-16-7-2-1-6-15(14)16/h1-8,11,19H,9-10H2,(H2,18,20). The van der Waals surface area contributed by atoms with Crippen LogP contribution in [0.2, 0.25) is 0 Å². The van der Waals surface area contributed by atoms with Crippen molar-refractivity contribution in [2.45, 2.75) is 13.1 Å². The van der Waals surface area contributed by atoms with Gasteiger partial charge in [-0.15, -0.1) is 0 Å². The summed E-state index contributed by atoms with van der Waals surface area (Å²) < 4.78 is 5.50. The van der Waals surface area contributed by atoms with Crippen LogP contribution in [-0.2, 0) is 13.1 Å². The molecule has 1 amide bonds. The van der Waals surface area contributed by atoms with E-state index in [2.05, 4.69) is 5.32 Å². The van der Waals surface area contributed by atoms with Gasteiger partial charge in [0.1, 0.15) is 5.58 Å². The molecule has 0 saturated heterocycles. The molecular weight excluding hydrogens is 264 g/mol. The number of fused-ring (bicyclic) bond motifs is 1. The van der Waals surface area contributed by atoms with E-state index in [9.17, 15) is 4.79 Å². The van der Waals surface area contributed by atoms with Crippen molar-refractivity contribution in [2.75, 3.05) is 0 Å². The Morgan fingerprint density at radius 3 is 2.81 bits per heavy atom. The predicted octanol–water partition coefficient (Wildman–Crippen LogP) is 2.82. The molecule has 21 heavy (non-hydrogen) atoms. The van der Waals surface area contributed by atoms with Crippen LogP contribution in [-0.4, -0.2) is 5.91 Å². The van der Waals surface area contributed by atoms with E-state index in [-0.39, 0.29) is 0 Å². The number of rotatable bonds is 5. The van der Waals surface area contributed by atoms with Gasteiger partial charge in [0.2, 0.25) is 5.91 Å². The van der Waals surface area contributed by atoms with Crippen LogP contribution in [0, 0.1) is 0 Å². The first-order chi connectivity index (χ1) is 10.2. The zero-order valence-electron chi connectivity index (χ0n) is 11.5. The SMILES string of the molecule is NC(=O)c1cccc(CNCc2coc3ccccc23)c1. The molecule has 1 aromatic heterocycles. The molecule has 0 aliphatic rings. The third kappa shape index (κ3) is 2.95. The van der Waals surface area contributed by atoms with Crippen molar-refractivity contribution < 1.29 is 9.21 Å². The Kier molecular flexibility index (Phi) is 3.71. The fraction of sp³-hybridized carbons (Fsp3) is 0.118. The summed E-state index contributed by atoms with van der Waals surface area (Å²) in [6.45, 7) is 1.37. The zero-order valence-corrected chi connectivity index (χ0v) is 11.5. The monoisotopic (exact) mass is 280 g/mol. The van der Waals surface area contributed by atoms with Crippen molar-refractivity contribution in [1.82, 2.24) is 5.32 Å². The van der Waals surface area contributed by atoms with E-state index >= 15 is 0 Å². The Hall–Kier alpha value is -2.59. The first kappa shape index (κ1) is 13.4. The molecule has 2 aromatic carbocycles. The first-order valence-corrected chi connectivity index (χ1v) is 6.78. The van der Waals surface area contributed by atoms with Crippen molar-refractivity contribution in [2.24, 2.45) is 5.73 Å². The quantitative estimate of drug-likeness (QED) is 0.755. The van der Waals surface area contributed by atoms with Gasteiger partial charge in [0.15, 0.2) is 0 Å². The van der Waals surface area contributed by atoms with Gasteiger partial charge in [-0.1, -0.05) is 30.3 Å². The van der Waals surface area contributed by atoms with E-state index in [0.29, 0.717) is 18.7 Å². The predicted molar refractivity (Wildman–Crippen MR) is 81.7 cm³/mol. The average Bonchev–Trinajstić information content (AvgIpc) is 2.91. The summed E-state index contributed by atoms with van der Waals surface area (Å²) in [7, 11) is 0. The molecule has 4 nitrogen and oxygen atoms in total. The molecular formula is C17H16N2O2. The van der Waals surface area contributed by atoms with E-state index in [4.69, 9.17) is 10.2 Å². The lowest BCUT2D eigenvalue weighted by molar-refractivity contribution is 0.1000. The number of benzene rings is 2. The van der Waals surface area contributed by atoms with Crippen molar-refractivity contribution in [3.8, 4) is 0 Å². The second-order valence-electron chi connectivity index (χ2n) is 4.93. The van der Waals surface area contributed by atoms with E-state index in [0.717, 1.165) is 22.1 Å². The Labute approximate surface area is 122 Å². The van der Waals surface area contributed by atoms with Gasteiger partial charge < -0.3 is 15.5 Å². The summed E-state index contributed by atoms with van der Waals surface area (Å²) in [5, 5.41) is 4.47. The van der Waals surface area contributed by atoms with Crippen molar-refractivity contribution >= 4 is 16.9 Å². The van der Waals surface area contributed by atoms with Crippen LogP contribution in [0.1, 0.15) is 21.5 Å². The lowest BCUT2D eigenvalue weighted by Gasteiger charge is -2.05. The Balaban J connectivity index is 1.66. The molecule has 0 saturated carbocycles. The van der Waals surface area contributed by atoms with Gasteiger partial charge in [-0.25, -0.2) is 0 Å². The number of nitrogens with one attached hydrogen (secondary N) is 1. The molecule has 3 aromatic rings. The van der Waals surface area contributed by atoms with Gasteiger partial charge in [-0.3, -0.25) is 4.79 Å². The smallest absolute Gasteiger partial charge is 0.248 e. The largest absolute Gasteiger partial charge is 0.464 e. The highest BCUT2D eigenvalue weighted by atomic mass is 16.3. The summed E-state index contributed by atoms with van der Waals surface area (Å²) in [5.74, 6) is -0.405. The van der Waals surface area contributed by atoms with Gasteiger partial charge in [-0.05, 0) is 23.8 Å². The number of amides is 1. The number of hydrogen-bond acceptors (Lipinski definition) is 3. The molecule has 0 bridgehead atoms. The molecule has 0 fully saturated rings. The van der Waals surface area contributed by atoms with Crippen molar-refractivity contribution in [1.29, 1.82) is 0 Å². The average molecular weight is 280 g/mol. The van der Waals surface area contributed by atoms with Crippen molar-refractivity contribution in [3.63, 3.8) is 0 Å². The van der Waals surface area contributed by atoms with Crippen LogP contribution in [0.5, 0.6) is 0 Å². The lowest BCUT2D eigenvalue weighted by atomic mass is 10.1. The maximum absolute atomic E-state index is 11.1. The molecule has 106 valence electrons. The Bertz CT molecular complexity index is 777. The Morgan fingerprint density at radius 2 is 1.95 bits per heavy atom. The van der Waals surface area contributed by atoms with Crippen LogP contribution in [0.3, 0.4) is 0 Å². The van der Waals surface area contributed by atoms with Crippen LogP contribution < -0.4 is 11.1 Å². The molecule has 4 heteroatoms. The van der Waals surface area contributed by atoms with E-state index in [1.807, 2.05) is 42.5 Å². The minimum absolute atomic E-state index is 0.405. The van der Waals surface area contributed by atoms with E-state index in [1.165, 1.54) is 0 Å². The normalized spacial score (nSPS) is 10.9. The third-order valence-electron chi connectivity index (χ3n) is 3.42. The number of primary amides is 1. The Morgan fingerprint density at radius 1 is 1.10 bits per heavy atom. The molecule has 0 aliphatic heterocycles. The second-order valence-corrected chi connectivity index (χ2v) is 4.93. The highest BCUT2D eigenvalue weighted by molar-refractivity contribution is 5.92. The number of para-hydroxylation sites is 1. The molecule has 1 heterocycles. The van der Waals surface area contributed by atoms with E-state index < -0.39 is 5.91 Å². The summed E-state index contributed by atoms with van der Waals surface area (Å²) >= 11 is 0. The first-order valence-electron chi connectivity index (χ1n) is 6.78. The lowest BCUT2D eigenvalue weighted by Crippen LogP contribution is -2.14. The number of carbonyl (C=O) groups excluding carboxylic acids is 1.